The lowest BCUT2D eigenvalue weighted by Crippen LogP contribution is -2.41. The van der Waals surface area contributed by atoms with E-state index in [0.717, 1.165) is 27.6 Å². The van der Waals surface area contributed by atoms with Crippen molar-refractivity contribution in [3.8, 4) is 0 Å². The number of methoxy groups -OCH3 is 1. The van der Waals surface area contributed by atoms with Gasteiger partial charge in [0.15, 0.2) is 0 Å². The zero-order valence-corrected chi connectivity index (χ0v) is 17.8. The molecule has 0 saturated carbocycles. The zero-order valence-electron chi connectivity index (χ0n) is 17.0. The van der Waals surface area contributed by atoms with E-state index in [1.807, 2.05) is 49.4 Å². The SMILES string of the molecule is COCCN(Cc1cc2ccc(C)c(C)c2nc1Cl)C(=O)NCc1ccccc1. The van der Waals surface area contributed by atoms with Gasteiger partial charge >= 0.3 is 6.03 Å². The van der Waals surface area contributed by atoms with E-state index in [0.29, 0.717) is 31.4 Å². The third kappa shape index (κ3) is 5.25. The quantitative estimate of drug-likeness (QED) is 0.564. The van der Waals surface area contributed by atoms with E-state index in [1.165, 1.54) is 5.56 Å². The van der Waals surface area contributed by atoms with Crippen LogP contribution in [0.15, 0.2) is 48.5 Å². The minimum absolute atomic E-state index is 0.165. The molecule has 0 radical (unpaired) electrons. The highest BCUT2D eigenvalue weighted by Crippen LogP contribution is 2.25. The number of urea groups is 1. The summed E-state index contributed by atoms with van der Waals surface area (Å²) >= 11 is 6.48. The fourth-order valence-electron chi connectivity index (χ4n) is 3.16. The summed E-state index contributed by atoms with van der Waals surface area (Å²) in [6, 6.07) is 15.8. The molecule has 5 nitrogen and oxygen atoms in total. The summed E-state index contributed by atoms with van der Waals surface area (Å²) in [6.45, 7) is 5.82. The molecule has 0 saturated heterocycles. The second-order valence-corrected chi connectivity index (χ2v) is 7.43. The number of hydrogen-bond donors (Lipinski definition) is 1. The molecule has 3 aromatic rings. The first kappa shape index (κ1) is 21.1. The van der Waals surface area contributed by atoms with Crippen LogP contribution < -0.4 is 5.32 Å². The number of pyridine rings is 1. The standard InChI is InChI=1S/C23H26ClN3O2/c1-16-9-10-19-13-20(22(24)26-21(19)17(16)2)15-27(11-12-29-3)23(28)25-14-18-7-5-4-6-8-18/h4-10,13H,11-12,14-15H2,1-3H3,(H,25,28). The highest BCUT2D eigenvalue weighted by Gasteiger charge is 2.17. The Bertz CT molecular complexity index is 992. The van der Waals surface area contributed by atoms with E-state index >= 15 is 0 Å². The molecule has 0 bridgehead atoms. The molecule has 2 aromatic carbocycles. The van der Waals surface area contributed by atoms with Crippen LogP contribution in [0.3, 0.4) is 0 Å². The lowest BCUT2D eigenvalue weighted by Gasteiger charge is -2.23. The van der Waals surface area contributed by atoms with Crippen molar-refractivity contribution in [3.05, 3.63) is 75.9 Å². The van der Waals surface area contributed by atoms with Gasteiger partial charge in [0, 0.05) is 31.1 Å². The van der Waals surface area contributed by atoms with Crippen LogP contribution in [-0.2, 0) is 17.8 Å². The Hall–Kier alpha value is -2.63. The average molecular weight is 412 g/mol. The molecular formula is C23H26ClN3O2. The summed E-state index contributed by atoms with van der Waals surface area (Å²) in [4.78, 5) is 19.1. The van der Waals surface area contributed by atoms with Crippen molar-refractivity contribution in [2.45, 2.75) is 26.9 Å². The Labute approximate surface area is 176 Å². The Morgan fingerprint density at radius 1 is 1.17 bits per heavy atom. The van der Waals surface area contributed by atoms with Gasteiger partial charge in [0.1, 0.15) is 5.15 Å². The first-order valence-corrected chi connectivity index (χ1v) is 9.98. The molecule has 1 heterocycles. The number of benzene rings is 2. The van der Waals surface area contributed by atoms with Crippen molar-refractivity contribution in [3.63, 3.8) is 0 Å². The second-order valence-electron chi connectivity index (χ2n) is 7.08. The largest absolute Gasteiger partial charge is 0.383 e. The molecule has 2 amide bonds. The van der Waals surface area contributed by atoms with E-state index in [4.69, 9.17) is 16.3 Å². The van der Waals surface area contributed by atoms with Gasteiger partial charge in [-0.2, -0.15) is 0 Å². The summed E-state index contributed by atoms with van der Waals surface area (Å²) in [7, 11) is 1.62. The first-order valence-electron chi connectivity index (χ1n) is 9.60. The van der Waals surface area contributed by atoms with E-state index < -0.39 is 0 Å². The first-order chi connectivity index (χ1) is 14.0. The number of fused-ring (bicyclic) bond motifs is 1. The van der Waals surface area contributed by atoms with Crippen LogP contribution in [0, 0.1) is 13.8 Å². The van der Waals surface area contributed by atoms with E-state index in [2.05, 4.69) is 23.3 Å². The van der Waals surface area contributed by atoms with Crippen molar-refractivity contribution >= 4 is 28.5 Å². The van der Waals surface area contributed by atoms with Gasteiger partial charge in [-0.3, -0.25) is 0 Å². The number of carbonyl (C=O) groups excluding carboxylic acids is 1. The predicted molar refractivity (Wildman–Crippen MR) is 117 cm³/mol. The van der Waals surface area contributed by atoms with Gasteiger partial charge in [-0.1, -0.05) is 54.1 Å². The molecule has 0 fully saturated rings. The number of nitrogens with one attached hydrogen (secondary N) is 1. The lowest BCUT2D eigenvalue weighted by molar-refractivity contribution is 0.146. The summed E-state index contributed by atoms with van der Waals surface area (Å²) in [5.74, 6) is 0. The normalized spacial score (nSPS) is 10.9. The Morgan fingerprint density at radius 2 is 1.93 bits per heavy atom. The van der Waals surface area contributed by atoms with E-state index in [9.17, 15) is 4.79 Å². The van der Waals surface area contributed by atoms with Gasteiger partial charge in [-0.05, 0) is 36.6 Å². The van der Waals surface area contributed by atoms with Crippen molar-refractivity contribution in [1.82, 2.24) is 15.2 Å². The number of aryl methyl sites for hydroxylation is 2. The summed E-state index contributed by atoms with van der Waals surface area (Å²) in [5, 5.41) is 4.41. The van der Waals surface area contributed by atoms with Crippen LogP contribution in [-0.4, -0.2) is 36.2 Å². The molecule has 152 valence electrons. The summed E-state index contributed by atoms with van der Waals surface area (Å²) in [6.07, 6.45) is 0. The maximum Gasteiger partial charge on any atom is 0.318 e. The van der Waals surface area contributed by atoms with Crippen LogP contribution in [0.2, 0.25) is 5.15 Å². The molecule has 0 spiro atoms. The number of rotatable bonds is 7. The van der Waals surface area contributed by atoms with Gasteiger partial charge in [-0.25, -0.2) is 9.78 Å². The smallest absolute Gasteiger partial charge is 0.318 e. The summed E-state index contributed by atoms with van der Waals surface area (Å²) in [5.41, 5.74) is 5.05. The predicted octanol–water partition coefficient (Wildman–Crippen LogP) is 4.86. The third-order valence-corrected chi connectivity index (χ3v) is 5.37. The average Bonchev–Trinajstić information content (AvgIpc) is 2.73. The van der Waals surface area contributed by atoms with Crippen LogP contribution in [0.1, 0.15) is 22.3 Å². The minimum atomic E-state index is -0.165. The van der Waals surface area contributed by atoms with Crippen molar-refractivity contribution in [2.24, 2.45) is 0 Å². The Morgan fingerprint density at radius 3 is 2.66 bits per heavy atom. The summed E-state index contributed by atoms with van der Waals surface area (Å²) < 4.78 is 5.18. The number of amides is 2. The monoisotopic (exact) mass is 411 g/mol. The Balaban J connectivity index is 1.79. The highest BCUT2D eigenvalue weighted by molar-refractivity contribution is 6.30. The number of halogens is 1. The maximum atomic E-state index is 12.8. The molecule has 0 aliphatic carbocycles. The van der Waals surface area contributed by atoms with Gasteiger partial charge in [-0.15, -0.1) is 0 Å². The highest BCUT2D eigenvalue weighted by atomic mass is 35.5. The lowest BCUT2D eigenvalue weighted by atomic mass is 10.0. The molecule has 0 aliphatic rings. The van der Waals surface area contributed by atoms with Crippen LogP contribution in [0.25, 0.3) is 10.9 Å². The third-order valence-electron chi connectivity index (χ3n) is 5.04. The molecule has 29 heavy (non-hydrogen) atoms. The van der Waals surface area contributed by atoms with Crippen molar-refractivity contribution in [1.29, 1.82) is 0 Å². The number of hydrogen-bond acceptors (Lipinski definition) is 3. The second kappa shape index (κ2) is 9.72. The molecule has 1 aromatic heterocycles. The fraction of sp³-hybridized carbons (Fsp3) is 0.304. The van der Waals surface area contributed by atoms with E-state index in [1.54, 1.807) is 12.0 Å². The number of aromatic nitrogens is 1. The van der Waals surface area contributed by atoms with Gasteiger partial charge in [0.25, 0.3) is 0 Å². The molecular weight excluding hydrogens is 386 g/mol. The van der Waals surface area contributed by atoms with Crippen LogP contribution >= 0.6 is 11.6 Å². The van der Waals surface area contributed by atoms with Gasteiger partial charge in [0.05, 0.1) is 18.7 Å². The number of carbonyl (C=O) groups is 1. The van der Waals surface area contributed by atoms with Crippen molar-refractivity contribution in [2.75, 3.05) is 20.3 Å². The number of nitrogens with zero attached hydrogens (tertiary/aromatic N) is 2. The zero-order chi connectivity index (χ0) is 20.8. The molecule has 0 unspecified atom stereocenters. The molecule has 3 rings (SSSR count). The van der Waals surface area contributed by atoms with Crippen molar-refractivity contribution < 1.29 is 9.53 Å². The molecule has 1 N–H and O–H groups in total. The van der Waals surface area contributed by atoms with E-state index in [-0.39, 0.29) is 6.03 Å². The fourth-order valence-corrected chi connectivity index (χ4v) is 3.36. The maximum absolute atomic E-state index is 12.8. The van der Waals surface area contributed by atoms with Crippen LogP contribution in [0.5, 0.6) is 0 Å². The van der Waals surface area contributed by atoms with Gasteiger partial charge in [0.2, 0.25) is 0 Å². The Kier molecular flexibility index (Phi) is 7.07. The molecule has 6 heteroatoms. The van der Waals surface area contributed by atoms with Crippen LogP contribution in [0.4, 0.5) is 4.79 Å². The minimum Gasteiger partial charge on any atom is -0.383 e. The van der Waals surface area contributed by atoms with Gasteiger partial charge < -0.3 is 15.0 Å². The number of ether oxygens (including phenoxy) is 1. The molecule has 0 aliphatic heterocycles. The topological polar surface area (TPSA) is 54.5 Å². The molecule has 0 atom stereocenters.